The molecule has 0 aliphatic rings. The molecule has 1 atom stereocenters. The normalized spacial score (nSPS) is 13.2. The van der Waals surface area contributed by atoms with E-state index in [0.717, 1.165) is 25.3 Å². The van der Waals surface area contributed by atoms with Gasteiger partial charge in [0.25, 0.3) is 0 Å². The first-order valence-electron chi connectivity index (χ1n) is 8.31. The molecule has 0 saturated carbocycles. The van der Waals surface area contributed by atoms with Crippen LogP contribution < -0.4 is 10.1 Å². The van der Waals surface area contributed by atoms with Gasteiger partial charge >= 0.3 is 0 Å². The lowest BCUT2D eigenvalue weighted by Gasteiger charge is -2.14. The summed E-state index contributed by atoms with van der Waals surface area (Å²) in [5.74, 6) is 0.970. The maximum Gasteiger partial charge on any atom is 0.119 e. The number of hydrogen-bond donors (Lipinski definition) is 1. The van der Waals surface area contributed by atoms with Crippen LogP contribution in [0.25, 0.3) is 6.08 Å². The van der Waals surface area contributed by atoms with Crippen molar-refractivity contribution in [3.63, 3.8) is 0 Å². The van der Waals surface area contributed by atoms with Crippen LogP contribution in [0.5, 0.6) is 5.75 Å². The van der Waals surface area contributed by atoms with Crippen molar-refractivity contribution in [1.82, 2.24) is 5.32 Å². The van der Waals surface area contributed by atoms with Gasteiger partial charge in [-0.1, -0.05) is 50.5 Å². The van der Waals surface area contributed by atoms with Gasteiger partial charge in [0.05, 0.1) is 6.61 Å². The van der Waals surface area contributed by atoms with Crippen LogP contribution in [0.3, 0.4) is 0 Å². The largest absolute Gasteiger partial charge is 0.494 e. The molecule has 0 bridgehead atoms. The topological polar surface area (TPSA) is 21.3 Å². The van der Waals surface area contributed by atoms with E-state index in [-0.39, 0.29) is 0 Å². The Hall–Kier alpha value is -1.28. The summed E-state index contributed by atoms with van der Waals surface area (Å²) < 4.78 is 5.74. The fourth-order valence-electron chi connectivity index (χ4n) is 2.11. The molecule has 21 heavy (non-hydrogen) atoms. The molecule has 0 heterocycles. The smallest absolute Gasteiger partial charge is 0.119 e. The lowest BCUT2D eigenvalue weighted by molar-refractivity contribution is 0.306. The van der Waals surface area contributed by atoms with Crippen LogP contribution in [-0.4, -0.2) is 19.2 Å². The number of unbranched alkanes of at least 4 members (excludes halogenated alkanes) is 2. The molecule has 1 aromatic rings. The van der Waals surface area contributed by atoms with E-state index in [1.54, 1.807) is 0 Å². The Labute approximate surface area is 130 Å². The molecule has 1 N–H and O–H groups in total. The van der Waals surface area contributed by atoms with Gasteiger partial charge in [-0.3, -0.25) is 0 Å². The van der Waals surface area contributed by atoms with Crippen LogP contribution >= 0.6 is 0 Å². The number of benzene rings is 1. The highest BCUT2D eigenvalue weighted by molar-refractivity contribution is 5.54. The minimum Gasteiger partial charge on any atom is -0.494 e. The first-order valence-corrected chi connectivity index (χ1v) is 8.31. The summed E-state index contributed by atoms with van der Waals surface area (Å²) in [5, 5.41) is 3.51. The Morgan fingerprint density at radius 3 is 2.48 bits per heavy atom. The molecule has 1 rings (SSSR count). The van der Waals surface area contributed by atoms with Gasteiger partial charge in [0.2, 0.25) is 0 Å². The van der Waals surface area contributed by atoms with E-state index in [4.69, 9.17) is 4.74 Å². The maximum absolute atomic E-state index is 5.74. The fraction of sp³-hybridized carbons (Fsp3) is 0.579. The van der Waals surface area contributed by atoms with Gasteiger partial charge < -0.3 is 10.1 Å². The van der Waals surface area contributed by atoms with E-state index in [0.29, 0.717) is 6.04 Å². The zero-order valence-electron chi connectivity index (χ0n) is 14.1. The Balaban J connectivity index is 2.49. The van der Waals surface area contributed by atoms with Crippen molar-refractivity contribution in [3.05, 3.63) is 35.4 Å². The second-order valence-corrected chi connectivity index (χ2v) is 5.69. The Morgan fingerprint density at radius 1 is 1.14 bits per heavy atom. The van der Waals surface area contributed by atoms with Crippen LogP contribution in [0, 0.1) is 0 Å². The molecule has 1 unspecified atom stereocenters. The third-order valence-electron chi connectivity index (χ3n) is 3.67. The van der Waals surface area contributed by atoms with Gasteiger partial charge in [-0.15, -0.1) is 0 Å². The molecule has 0 aliphatic carbocycles. The zero-order chi connectivity index (χ0) is 15.5. The molecule has 0 aromatic heterocycles. The Bertz CT molecular complexity index is 408. The van der Waals surface area contributed by atoms with Gasteiger partial charge in [0.1, 0.15) is 5.75 Å². The summed E-state index contributed by atoms with van der Waals surface area (Å²) in [6, 6.07) is 8.82. The molecule has 0 fully saturated rings. The average Bonchev–Trinajstić information content (AvgIpc) is 2.50. The summed E-state index contributed by atoms with van der Waals surface area (Å²) in [6.07, 6.45) is 7.02. The number of rotatable bonds is 10. The van der Waals surface area contributed by atoms with Crippen molar-refractivity contribution in [3.8, 4) is 5.75 Å². The Morgan fingerprint density at radius 2 is 1.86 bits per heavy atom. The molecule has 0 saturated heterocycles. The number of hydrogen-bond acceptors (Lipinski definition) is 2. The molecule has 2 nitrogen and oxygen atoms in total. The van der Waals surface area contributed by atoms with Crippen LogP contribution in [0.4, 0.5) is 0 Å². The first-order chi connectivity index (χ1) is 10.2. The lowest BCUT2D eigenvalue weighted by atomic mass is 10.1. The molecule has 118 valence electrons. The maximum atomic E-state index is 5.74. The Kier molecular flexibility index (Phi) is 8.84. The van der Waals surface area contributed by atoms with Crippen molar-refractivity contribution < 1.29 is 4.74 Å². The highest BCUT2D eigenvalue weighted by Crippen LogP contribution is 2.16. The number of ether oxygens (including phenoxy) is 1. The molecule has 2 heteroatoms. The number of nitrogens with one attached hydrogen (secondary N) is 1. The third-order valence-corrected chi connectivity index (χ3v) is 3.67. The van der Waals surface area contributed by atoms with E-state index in [2.05, 4.69) is 63.4 Å². The highest BCUT2D eigenvalue weighted by atomic mass is 16.5. The monoisotopic (exact) mass is 289 g/mol. The SMILES string of the molecule is CCCCCOc1ccc(/C=C(/C)C(C)NCCC)cc1. The van der Waals surface area contributed by atoms with Crippen LogP contribution in [0.15, 0.2) is 29.8 Å². The van der Waals surface area contributed by atoms with Gasteiger partial charge in [-0.25, -0.2) is 0 Å². The lowest BCUT2D eigenvalue weighted by Crippen LogP contribution is -2.27. The van der Waals surface area contributed by atoms with E-state index in [1.165, 1.54) is 30.4 Å². The molecule has 0 radical (unpaired) electrons. The van der Waals surface area contributed by atoms with Crippen molar-refractivity contribution in [2.75, 3.05) is 13.2 Å². The second-order valence-electron chi connectivity index (χ2n) is 5.69. The van der Waals surface area contributed by atoms with E-state index in [9.17, 15) is 0 Å². The molecule has 0 spiro atoms. The van der Waals surface area contributed by atoms with E-state index in [1.807, 2.05) is 0 Å². The van der Waals surface area contributed by atoms with Gasteiger partial charge in [-0.2, -0.15) is 0 Å². The molecule has 0 aliphatic heterocycles. The van der Waals surface area contributed by atoms with Crippen LogP contribution in [0.2, 0.25) is 0 Å². The van der Waals surface area contributed by atoms with Crippen LogP contribution in [0.1, 0.15) is 58.9 Å². The predicted molar refractivity (Wildman–Crippen MR) is 92.9 cm³/mol. The van der Waals surface area contributed by atoms with Crippen LogP contribution in [-0.2, 0) is 0 Å². The van der Waals surface area contributed by atoms with Gasteiger partial charge in [0, 0.05) is 6.04 Å². The standard InChI is InChI=1S/C19H31NO/c1-5-7-8-14-21-19-11-9-18(10-12-19)15-16(3)17(4)20-13-6-2/h9-12,15,17,20H,5-8,13-14H2,1-4H3/b16-15-. The summed E-state index contributed by atoms with van der Waals surface area (Å²) in [5.41, 5.74) is 2.60. The molecular formula is C19H31NO. The van der Waals surface area contributed by atoms with E-state index < -0.39 is 0 Å². The first kappa shape index (κ1) is 17.8. The highest BCUT2D eigenvalue weighted by Gasteiger charge is 2.02. The van der Waals surface area contributed by atoms with Crippen molar-refractivity contribution in [2.24, 2.45) is 0 Å². The van der Waals surface area contributed by atoms with Crippen molar-refractivity contribution in [1.29, 1.82) is 0 Å². The van der Waals surface area contributed by atoms with Gasteiger partial charge in [0.15, 0.2) is 0 Å². The molecule has 1 aromatic carbocycles. The van der Waals surface area contributed by atoms with Crippen molar-refractivity contribution >= 4 is 6.08 Å². The summed E-state index contributed by atoms with van der Waals surface area (Å²) in [6.45, 7) is 10.7. The fourth-order valence-corrected chi connectivity index (χ4v) is 2.11. The quantitative estimate of drug-likeness (QED) is 0.609. The third kappa shape index (κ3) is 7.33. The van der Waals surface area contributed by atoms with E-state index >= 15 is 0 Å². The predicted octanol–water partition coefficient (Wildman–Crippen LogP) is 5.05. The summed E-state index contributed by atoms with van der Waals surface area (Å²) in [7, 11) is 0. The zero-order valence-corrected chi connectivity index (χ0v) is 14.1. The average molecular weight is 289 g/mol. The molecule has 0 amide bonds. The van der Waals surface area contributed by atoms with Gasteiger partial charge in [-0.05, 0) is 50.9 Å². The minimum absolute atomic E-state index is 0.426. The summed E-state index contributed by atoms with van der Waals surface area (Å²) >= 11 is 0. The minimum atomic E-state index is 0.426. The summed E-state index contributed by atoms with van der Waals surface area (Å²) in [4.78, 5) is 0. The molecular weight excluding hydrogens is 258 g/mol. The van der Waals surface area contributed by atoms with Crippen molar-refractivity contribution in [2.45, 2.75) is 59.4 Å². The second kappa shape index (κ2) is 10.4.